The van der Waals surface area contributed by atoms with Crippen LogP contribution in [0.15, 0.2) is 0 Å². The summed E-state index contributed by atoms with van der Waals surface area (Å²) in [5.41, 5.74) is 0. The van der Waals surface area contributed by atoms with Crippen LogP contribution in [0.25, 0.3) is 0 Å². The van der Waals surface area contributed by atoms with Crippen LogP contribution in [0.3, 0.4) is 0 Å². The molecule has 2 unspecified atom stereocenters. The molecule has 1 aliphatic rings. The average Bonchev–Trinajstić information content (AvgIpc) is 2.28. The second kappa shape index (κ2) is 6.07. The van der Waals surface area contributed by atoms with Gasteiger partial charge in [-0.3, -0.25) is 4.79 Å². The van der Waals surface area contributed by atoms with Crippen molar-refractivity contribution in [3.8, 4) is 0 Å². The Bertz CT molecular complexity index is 317. The van der Waals surface area contributed by atoms with Crippen LogP contribution in [0, 0.1) is 11.8 Å². The Balaban J connectivity index is 2.68. The zero-order valence-corrected chi connectivity index (χ0v) is 11.7. The lowest BCUT2D eigenvalue weighted by Gasteiger charge is -2.39. The zero-order valence-electron chi connectivity index (χ0n) is 11.7. The number of nitrogens with zero attached hydrogens (tertiary/aromatic N) is 2. The molecule has 1 rings (SSSR count). The first-order valence-corrected chi connectivity index (χ1v) is 6.60. The van der Waals surface area contributed by atoms with E-state index in [2.05, 4.69) is 13.8 Å². The molecule has 1 heterocycles. The molecule has 0 aliphatic carbocycles. The minimum Gasteiger partial charge on any atom is -0.480 e. The molecule has 18 heavy (non-hydrogen) atoms. The summed E-state index contributed by atoms with van der Waals surface area (Å²) in [6, 6.07) is -0.241. The second-order valence-electron chi connectivity index (χ2n) is 5.59. The number of aliphatic carboxylic acids is 1. The molecule has 104 valence electrons. The smallest absolute Gasteiger partial charge is 0.323 e. The van der Waals surface area contributed by atoms with Crippen LogP contribution in [-0.4, -0.2) is 52.6 Å². The summed E-state index contributed by atoms with van der Waals surface area (Å²) in [5.74, 6) is 0.137. The van der Waals surface area contributed by atoms with Crippen molar-refractivity contribution >= 4 is 12.0 Å². The first kappa shape index (κ1) is 14.8. The lowest BCUT2D eigenvalue weighted by molar-refractivity contribution is -0.138. The van der Waals surface area contributed by atoms with E-state index in [1.807, 2.05) is 13.8 Å². The van der Waals surface area contributed by atoms with E-state index < -0.39 is 5.97 Å². The second-order valence-corrected chi connectivity index (χ2v) is 5.59. The normalized spacial score (nSPS) is 24.2. The molecule has 0 aromatic rings. The third-order valence-corrected chi connectivity index (χ3v) is 3.78. The van der Waals surface area contributed by atoms with E-state index in [9.17, 15) is 9.59 Å². The van der Waals surface area contributed by atoms with Crippen LogP contribution in [0.4, 0.5) is 4.79 Å². The van der Waals surface area contributed by atoms with Gasteiger partial charge in [0.1, 0.15) is 6.54 Å². The number of amides is 2. The van der Waals surface area contributed by atoms with E-state index >= 15 is 0 Å². The van der Waals surface area contributed by atoms with Crippen LogP contribution in [0.5, 0.6) is 0 Å². The maximum atomic E-state index is 12.3. The van der Waals surface area contributed by atoms with E-state index in [-0.39, 0.29) is 18.6 Å². The number of carboxylic acid groups (broad SMARTS) is 1. The number of hydrogen-bond acceptors (Lipinski definition) is 2. The largest absolute Gasteiger partial charge is 0.480 e. The lowest BCUT2D eigenvalue weighted by Crippen LogP contribution is -2.52. The molecule has 0 bridgehead atoms. The molecule has 1 aliphatic heterocycles. The number of likely N-dealkylation sites (tertiary alicyclic amines) is 1. The fraction of sp³-hybridized carbons (Fsp3) is 0.846. The summed E-state index contributed by atoms with van der Waals surface area (Å²) in [5, 5.41) is 8.86. The summed E-state index contributed by atoms with van der Waals surface area (Å²) in [7, 11) is 0. The minimum atomic E-state index is -0.963. The molecule has 0 radical (unpaired) electrons. The van der Waals surface area contributed by atoms with Crippen molar-refractivity contribution in [1.29, 1.82) is 0 Å². The van der Waals surface area contributed by atoms with Crippen LogP contribution in [0.1, 0.15) is 34.1 Å². The molecule has 2 atom stereocenters. The van der Waals surface area contributed by atoms with Crippen LogP contribution in [-0.2, 0) is 4.79 Å². The van der Waals surface area contributed by atoms with Crippen molar-refractivity contribution in [1.82, 2.24) is 9.80 Å². The highest BCUT2D eigenvalue weighted by Crippen LogP contribution is 2.23. The van der Waals surface area contributed by atoms with Crippen LogP contribution >= 0.6 is 0 Å². The predicted molar refractivity (Wildman–Crippen MR) is 69.4 cm³/mol. The van der Waals surface area contributed by atoms with Gasteiger partial charge in [0, 0.05) is 19.1 Å². The summed E-state index contributed by atoms with van der Waals surface area (Å²) in [4.78, 5) is 26.3. The number of hydrogen-bond donors (Lipinski definition) is 1. The van der Waals surface area contributed by atoms with Gasteiger partial charge >= 0.3 is 12.0 Å². The highest BCUT2D eigenvalue weighted by Gasteiger charge is 2.30. The predicted octanol–water partition coefficient (Wildman–Crippen LogP) is 1.88. The van der Waals surface area contributed by atoms with Crippen molar-refractivity contribution in [2.24, 2.45) is 11.8 Å². The van der Waals surface area contributed by atoms with Crippen molar-refractivity contribution in [3.63, 3.8) is 0 Å². The number of carbonyl (C=O) groups is 2. The van der Waals surface area contributed by atoms with E-state index in [0.717, 1.165) is 19.5 Å². The first-order valence-electron chi connectivity index (χ1n) is 6.60. The molecular weight excluding hydrogens is 232 g/mol. The summed E-state index contributed by atoms with van der Waals surface area (Å²) in [6.07, 6.45) is 0.992. The fourth-order valence-corrected chi connectivity index (χ4v) is 2.24. The van der Waals surface area contributed by atoms with Crippen molar-refractivity contribution < 1.29 is 14.7 Å². The Morgan fingerprint density at radius 1 is 1.33 bits per heavy atom. The number of carbonyl (C=O) groups excluding carboxylic acids is 1. The van der Waals surface area contributed by atoms with Crippen LogP contribution < -0.4 is 0 Å². The minimum absolute atomic E-state index is 0.0942. The van der Waals surface area contributed by atoms with Gasteiger partial charge in [-0.05, 0) is 32.1 Å². The number of piperidine rings is 1. The van der Waals surface area contributed by atoms with Gasteiger partial charge in [0.15, 0.2) is 0 Å². The monoisotopic (exact) mass is 256 g/mol. The molecule has 0 saturated carbocycles. The quantitative estimate of drug-likeness (QED) is 0.838. The summed E-state index contributed by atoms with van der Waals surface area (Å²) >= 11 is 0. The Hall–Kier alpha value is -1.26. The lowest BCUT2D eigenvalue weighted by atomic mass is 9.89. The molecule has 0 aromatic carbocycles. The van der Waals surface area contributed by atoms with E-state index in [0.29, 0.717) is 11.8 Å². The third-order valence-electron chi connectivity index (χ3n) is 3.78. The standard InChI is InChI=1S/C13H24N2O3/c1-9(2)15(8-12(16)17)13(18)14-6-5-10(3)11(4)7-14/h9-11H,5-8H2,1-4H3,(H,16,17). The third kappa shape index (κ3) is 3.62. The average molecular weight is 256 g/mol. The van der Waals surface area contributed by atoms with Gasteiger partial charge in [0.2, 0.25) is 0 Å². The van der Waals surface area contributed by atoms with Crippen molar-refractivity contribution in [2.75, 3.05) is 19.6 Å². The Kier molecular flexibility index (Phi) is 4.99. The highest BCUT2D eigenvalue weighted by atomic mass is 16.4. The molecule has 5 heteroatoms. The molecule has 1 fully saturated rings. The van der Waals surface area contributed by atoms with Crippen LogP contribution in [0.2, 0.25) is 0 Å². The fourth-order valence-electron chi connectivity index (χ4n) is 2.24. The van der Waals surface area contributed by atoms with E-state index in [1.54, 1.807) is 4.90 Å². The van der Waals surface area contributed by atoms with E-state index in [4.69, 9.17) is 5.11 Å². The first-order chi connectivity index (χ1) is 8.32. The van der Waals surface area contributed by atoms with Gasteiger partial charge in [-0.25, -0.2) is 4.79 Å². The van der Waals surface area contributed by atoms with Gasteiger partial charge in [-0.2, -0.15) is 0 Å². The Labute approximate surface area is 109 Å². The van der Waals surface area contributed by atoms with Gasteiger partial charge in [0.25, 0.3) is 0 Å². The zero-order chi connectivity index (χ0) is 13.9. The molecule has 0 spiro atoms. The van der Waals surface area contributed by atoms with Gasteiger partial charge in [-0.15, -0.1) is 0 Å². The Morgan fingerprint density at radius 3 is 2.39 bits per heavy atom. The summed E-state index contributed by atoms with van der Waals surface area (Å²) in [6.45, 7) is 9.26. The van der Waals surface area contributed by atoms with Crippen molar-refractivity contribution in [3.05, 3.63) is 0 Å². The molecule has 1 saturated heterocycles. The van der Waals surface area contributed by atoms with Gasteiger partial charge in [-0.1, -0.05) is 13.8 Å². The number of rotatable bonds is 3. The number of urea groups is 1. The highest BCUT2D eigenvalue weighted by molar-refractivity contribution is 5.80. The van der Waals surface area contributed by atoms with E-state index in [1.165, 1.54) is 4.90 Å². The maximum absolute atomic E-state index is 12.3. The molecule has 0 aromatic heterocycles. The van der Waals surface area contributed by atoms with Gasteiger partial charge < -0.3 is 14.9 Å². The molecule has 1 N–H and O–H groups in total. The maximum Gasteiger partial charge on any atom is 0.323 e. The van der Waals surface area contributed by atoms with Gasteiger partial charge in [0.05, 0.1) is 0 Å². The SMILES string of the molecule is CC1CCN(C(=O)N(CC(=O)O)C(C)C)CC1C. The molecule has 2 amide bonds. The molecule has 5 nitrogen and oxygen atoms in total. The summed E-state index contributed by atoms with van der Waals surface area (Å²) < 4.78 is 0. The van der Waals surface area contributed by atoms with Crippen molar-refractivity contribution in [2.45, 2.75) is 40.2 Å². The number of carboxylic acids is 1. The molecular formula is C13H24N2O3. The Morgan fingerprint density at radius 2 is 1.94 bits per heavy atom. The topological polar surface area (TPSA) is 60.9 Å².